The van der Waals surface area contributed by atoms with E-state index >= 15 is 0 Å². The minimum atomic E-state index is 0. The second-order valence-electron chi connectivity index (χ2n) is 8.07. The molecule has 27 heavy (non-hydrogen) atoms. The standard InChI is InChI=1S/C24H51N2.BrH/c1-6-11-13-14-15-16-17-18-19-20-23-26(10-5,22-12-7-2)24-21-25(8-3)9-4;/h7,12H,6,8-11,13-24H2,1-5H3;1H/q+1;/p-1. The topological polar surface area (TPSA) is 3.24 Å². The van der Waals surface area contributed by atoms with Crippen LogP contribution in [-0.2, 0) is 0 Å². The number of unbranched alkanes of at least 4 members (excludes halogenated alkanes) is 9. The second-order valence-corrected chi connectivity index (χ2v) is 8.07. The third-order valence-electron chi connectivity index (χ3n) is 6.17. The molecule has 1 unspecified atom stereocenters. The number of nitrogens with zero attached hydrogens (tertiary/aromatic N) is 2. The summed E-state index contributed by atoms with van der Waals surface area (Å²) >= 11 is 0. The highest BCUT2D eigenvalue weighted by Crippen LogP contribution is 2.14. The minimum Gasteiger partial charge on any atom is -1.00 e. The summed E-state index contributed by atoms with van der Waals surface area (Å²) in [6.07, 6.45) is 19.0. The zero-order valence-electron chi connectivity index (χ0n) is 19.4. The number of quaternary nitrogens is 1. The Balaban J connectivity index is 0. The second kappa shape index (κ2) is 20.9. The van der Waals surface area contributed by atoms with Gasteiger partial charge in [-0.25, -0.2) is 0 Å². The molecule has 0 bridgehead atoms. The Labute approximate surface area is 183 Å². The lowest BCUT2D eigenvalue weighted by Crippen LogP contribution is -3.00. The van der Waals surface area contributed by atoms with Gasteiger partial charge in [0.1, 0.15) is 0 Å². The van der Waals surface area contributed by atoms with Gasteiger partial charge in [0.2, 0.25) is 0 Å². The Morgan fingerprint density at radius 1 is 0.704 bits per heavy atom. The Morgan fingerprint density at radius 3 is 1.67 bits per heavy atom. The first kappa shape index (κ1) is 29.3. The molecule has 0 aromatic rings. The highest BCUT2D eigenvalue weighted by Gasteiger charge is 2.23. The van der Waals surface area contributed by atoms with Crippen LogP contribution in [0.3, 0.4) is 0 Å². The zero-order chi connectivity index (χ0) is 19.5. The average molecular weight is 448 g/mol. The van der Waals surface area contributed by atoms with Crippen LogP contribution in [0.4, 0.5) is 0 Å². The Hall–Kier alpha value is 0.140. The molecule has 0 rings (SSSR count). The van der Waals surface area contributed by atoms with Gasteiger partial charge in [-0.2, -0.15) is 0 Å². The number of hydrogen-bond donors (Lipinski definition) is 0. The van der Waals surface area contributed by atoms with Crippen molar-refractivity contribution in [2.45, 2.75) is 98.8 Å². The van der Waals surface area contributed by atoms with Crippen molar-refractivity contribution in [3.8, 4) is 0 Å². The van der Waals surface area contributed by atoms with Crippen LogP contribution in [0.2, 0.25) is 0 Å². The summed E-state index contributed by atoms with van der Waals surface area (Å²) in [5.41, 5.74) is 0. The fraction of sp³-hybridized carbons (Fsp3) is 0.917. The molecule has 1 atom stereocenters. The summed E-state index contributed by atoms with van der Waals surface area (Å²) in [6.45, 7) is 20.2. The van der Waals surface area contributed by atoms with E-state index in [0.29, 0.717) is 0 Å². The van der Waals surface area contributed by atoms with Crippen LogP contribution in [0.5, 0.6) is 0 Å². The molecule has 2 nitrogen and oxygen atoms in total. The first-order valence-electron chi connectivity index (χ1n) is 11.9. The van der Waals surface area contributed by atoms with E-state index in [1.807, 2.05) is 0 Å². The van der Waals surface area contributed by atoms with Crippen LogP contribution in [-0.4, -0.2) is 55.2 Å². The van der Waals surface area contributed by atoms with Gasteiger partial charge in [-0.15, -0.1) is 0 Å². The monoisotopic (exact) mass is 446 g/mol. The van der Waals surface area contributed by atoms with Crippen molar-refractivity contribution in [3.63, 3.8) is 0 Å². The predicted octanol–water partition coefficient (Wildman–Crippen LogP) is 3.67. The van der Waals surface area contributed by atoms with Crippen molar-refractivity contribution in [3.05, 3.63) is 12.2 Å². The fourth-order valence-corrected chi connectivity index (χ4v) is 3.90. The molecule has 3 heteroatoms. The van der Waals surface area contributed by atoms with E-state index in [1.54, 1.807) is 0 Å². The highest BCUT2D eigenvalue weighted by atomic mass is 79.9. The predicted molar refractivity (Wildman–Crippen MR) is 120 cm³/mol. The highest BCUT2D eigenvalue weighted by molar-refractivity contribution is 4.77. The Kier molecular flexibility index (Phi) is 22.7. The maximum Gasteiger partial charge on any atom is 0.0973 e. The number of hydrogen-bond acceptors (Lipinski definition) is 1. The number of rotatable bonds is 19. The molecule has 0 amide bonds. The third-order valence-corrected chi connectivity index (χ3v) is 6.17. The van der Waals surface area contributed by atoms with Crippen LogP contribution >= 0.6 is 0 Å². The molecule has 0 N–H and O–H groups in total. The molecule has 0 aromatic heterocycles. The molecule has 0 aliphatic carbocycles. The summed E-state index contributed by atoms with van der Waals surface area (Å²) in [6, 6.07) is 0. The number of halogens is 1. The summed E-state index contributed by atoms with van der Waals surface area (Å²) in [4.78, 5) is 2.58. The van der Waals surface area contributed by atoms with Gasteiger partial charge in [0.05, 0.1) is 26.2 Å². The molecule has 0 aliphatic rings. The van der Waals surface area contributed by atoms with Gasteiger partial charge in [-0.05, 0) is 45.9 Å². The van der Waals surface area contributed by atoms with E-state index in [9.17, 15) is 0 Å². The molecule has 0 heterocycles. The van der Waals surface area contributed by atoms with E-state index in [4.69, 9.17) is 0 Å². The van der Waals surface area contributed by atoms with Gasteiger partial charge in [0.25, 0.3) is 0 Å². The fourth-order valence-electron chi connectivity index (χ4n) is 3.90. The molecule has 0 spiro atoms. The van der Waals surface area contributed by atoms with Crippen LogP contribution < -0.4 is 17.0 Å². The molecule has 0 aromatic carbocycles. The van der Waals surface area contributed by atoms with Gasteiger partial charge in [0, 0.05) is 6.54 Å². The van der Waals surface area contributed by atoms with Crippen molar-refractivity contribution in [1.29, 1.82) is 0 Å². The van der Waals surface area contributed by atoms with Crippen LogP contribution in [0.25, 0.3) is 0 Å². The van der Waals surface area contributed by atoms with Gasteiger partial charge in [-0.3, -0.25) is 4.90 Å². The maximum absolute atomic E-state index is 2.58. The minimum absolute atomic E-state index is 0. The Bertz CT molecular complexity index is 316. The SMILES string of the molecule is CC=CC[N+](CC)(CCCCCCCCCCCC)CCN(CC)CC.[Br-]. The number of allylic oxidation sites excluding steroid dienone is 1. The molecule has 0 aliphatic heterocycles. The third kappa shape index (κ3) is 15.7. The van der Waals surface area contributed by atoms with Crippen LogP contribution in [0, 0.1) is 0 Å². The summed E-state index contributed by atoms with van der Waals surface area (Å²) in [5, 5.41) is 0. The summed E-state index contributed by atoms with van der Waals surface area (Å²) in [5.74, 6) is 0. The first-order chi connectivity index (χ1) is 12.7. The lowest BCUT2D eigenvalue weighted by atomic mass is 10.1. The molecule has 0 saturated carbocycles. The number of likely N-dealkylation sites (N-methyl/N-ethyl adjacent to an activating group) is 2. The van der Waals surface area contributed by atoms with Crippen LogP contribution in [0.15, 0.2) is 12.2 Å². The molecule has 164 valence electrons. The smallest absolute Gasteiger partial charge is 0.0973 e. The zero-order valence-corrected chi connectivity index (χ0v) is 21.0. The average Bonchev–Trinajstić information content (AvgIpc) is 2.67. The van der Waals surface area contributed by atoms with Gasteiger partial charge < -0.3 is 21.5 Å². The molecular formula is C24H51BrN2. The molecule has 0 saturated heterocycles. The van der Waals surface area contributed by atoms with E-state index < -0.39 is 0 Å². The van der Waals surface area contributed by atoms with E-state index in [-0.39, 0.29) is 17.0 Å². The Morgan fingerprint density at radius 2 is 1.22 bits per heavy atom. The van der Waals surface area contributed by atoms with Crippen molar-refractivity contribution in [2.24, 2.45) is 0 Å². The van der Waals surface area contributed by atoms with Crippen LogP contribution in [0.1, 0.15) is 98.8 Å². The summed E-state index contributed by atoms with van der Waals surface area (Å²) < 4.78 is 1.28. The van der Waals surface area contributed by atoms with E-state index in [2.05, 4.69) is 51.7 Å². The first-order valence-corrected chi connectivity index (χ1v) is 11.9. The maximum atomic E-state index is 2.58. The lowest BCUT2D eigenvalue weighted by Gasteiger charge is -2.38. The normalized spacial score (nSPS) is 13.9. The molecule has 0 fully saturated rings. The van der Waals surface area contributed by atoms with Crippen molar-refractivity contribution >= 4 is 0 Å². The molecule has 0 radical (unpaired) electrons. The van der Waals surface area contributed by atoms with E-state index in [0.717, 1.165) is 0 Å². The van der Waals surface area contributed by atoms with Gasteiger partial charge >= 0.3 is 0 Å². The quantitative estimate of drug-likeness (QED) is 0.166. The van der Waals surface area contributed by atoms with Crippen molar-refractivity contribution in [2.75, 3.05) is 45.8 Å². The van der Waals surface area contributed by atoms with Crippen molar-refractivity contribution in [1.82, 2.24) is 4.90 Å². The summed E-state index contributed by atoms with van der Waals surface area (Å²) in [7, 11) is 0. The lowest BCUT2D eigenvalue weighted by molar-refractivity contribution is -0.921. The van der Waals surface area contributed by atoms with Gasteiger partial charge in [0.15, 0.2) is 0 Å². The van der Waals surface area contributed by atoms with E-state index in [1.165, 1.54) is 115 Å². The molecular weight excluding hydrogens is 396 g/mol. The van der Waals surface area contributed by atoms with Crippen molar-refractivity contribution < 1.29 is 21.5 Å². The largest absolute Gasteiger partial charge is 1.00 e. The van der Waals surface area contributed by atoms with Gasteiger partial charge in [-0.1, -0.05) is 78.2 Å².